The van der Waals surface area contributed by atoms with Gasteiger partial charge in [-0.2, -0.15) is 0 Å². The lowest BCUT2D eigenvalue weighted by molar-refractivity contribution is -0.0532. The first-order valence-electron chi connectivity index (χ1n) is 3.79. The van der Waals surface area contributed by atoms with E-state index in [9.17, 15) is 0 Å². The summed E-state index contributed by atoms with van der Waals surface area (Å²) in [7, 11) is 0. The molecule has 1 saturated heterocycles. The molecule has 1 fully saturated rings. The van der Waals surface area contributed by atoms with Crippen LogP contribution in [0.3, 0.4) is 0 Å². The Morgan fingerprint density at radius 1 is 1.67 bits per heavy atom. The third kappa shape index (κ3) is 1.23. The molecule has 2 rings (SSSR count). The maximum Gasteiger partial charge on any atom is 0.0636 e. The number of hydrogen-bond acceptors (Lipinski definition) is 3. The summed E-state index contributed by atoms with van der Waals surface area (Å²) in [6.45, 7) is 2.23. The molecule has 2 N–H and O–H groups in total. The van der Waals surface area contributed by atoms with Crippen molar-refractivity contribution >= 4 is 27.3 Å². The quantitative estimate of drug-likeness (QED) is 0.865. The van der Waals surface area contributed by atoms with Crippen LogP contribution in [0.5, 0.6) is 0 Å². The molecule has 1 aliphatic heterocycles. The highest BCUT2D eigenvalue weighted by atomic mass is 79.9. The minimum atomic E-state index is 0.122. The third-order valence-electron chi connectivity index (χ3n) is 2.24. The summed E-state index contributed by atoms with van der Waals surface area (Å²) in [5.74, 6) is 0. The van der Waals surface area contributed by atoms with Crippen LogP contribution >= 0.6 is 27.3 Å². The maximum absolute atomic E-state index is 5.72. The first kappa shape index (κ1) is 8.69. The van der Waals surface area contributed by atoms with Gasteiger partial charge in [-0.25, -0.2) is 0 Å². The average molecular weight is 248 g/mol. The highest BCUT2D eigenvalue weighted by molar-refractivity contribution is 9.10. The zero-order valence-corrected chi connectivity index (χ0v) is 8.95. The lowest BCUT2D eigenvalue weighted by atomic mass is 9.84. The molecule has 1 aromatic heterocycles. The van der Waals surface area contributed by atoms with Gasteiger partial charge in [0.05, 0.1) is 18.6 Å². The molecule has 0 bridgehead atoms. The van der Waals surface area contributed by atoms with Crippen LogP contribution < -0.4 is 5.73 Å². The van der Waals surface area contributed by atoms with Crippen molar-refractivity contribution in [1.29, 1.82) is 0 Å². The van der Waals surface area contributed by atoms with Crippen LogP contribution in [-0.2, 0) is 10.2 Å². The fraction of sp³-hybridized carbons (Fsp3) is 0.500. The molecular formula is C8H10BrNOS. The van der Waals surface area contributed by atoms with Gasteiger partial charge in [0, 0.05) is 21.3 Å². The molecule has 0 radical (unpaired) electrons. The van der Waals surface area contributed by atoms with Gasteiger partial charge in [-0.05, 0) is 22.0 Å². The smallest absolute Gasteiger partial charge is 0.0636 e. The lowest BCUT2D eigenvalue weighted by Crippen LogP contribution is -2.51. The van der Waals surface area contributed by atoms with Crippen molar-refractivity contribution in [2.45, 2.75) is 5.41 Å². The van der Waals surface area contributed by atoms with Crippen LogP contribution in [0.25, 0.3) is 0 Å². The Hall–Kier alpha value is 0.1000. The average Bonchev–Trinajstić information content (AvgIpc) is 2.35. The summed E-state index contributed by atoms with van der Waals surface area (Å²) in [6, 6.07) is 2.14. The molecule has 0 saturated carbocycles. The van der Waals surface area contributed by atoms with E-state index in [2.05, 4.69) is 27.4 Å². The van der Waals surface area contributed by atoms with Crippen LogP contribution in [0, 0.1) is 0 Å². The predicted molar refractivity (Wildman–Crippen MR) is 53.6 cm³/mol. The van der Waals surface area contributed by atoms with Crippen LogP contribution in [-0.4, -0.2) is 19.8 Å². The predicted octanol–water partition coefficient (Wildman–Crippen LogP) is 1.74. The highest BCUT2D eigenvalue weighted by Gasteiger charge is 2.40. The second-order valence-electron chi connectivity index (χ2n) is 3.11. The minimum Gasteiger partial charge on any atom is -0.379 e. The van der Waals surface area contributed by atoms with Gasteiger partial charge in [-0.15, -0.1) is 11.3 Å². The Labute approximate surface area is 83.8 Å². The summed E-state index contributed by atoms with van der Waals surface area (Å²) >= 11 is 5.19. The minimum absolute atomic E-state index is 0.122. The number of hydrogen-bond donors (Lipinski definition) is 1. The van der Waals surface area contributed by atoms with Gasteiger partial charge < -0.3 is 10.5 Å². The van der Waals surface area contributed by atoms with Crippen LogP contribution in [0.4, 0.5) is 0 Å². The van der Waals surface area contributed by atoms with Gasteiger partial charge >= 0.3 is 0 Å². The summed E-state index contributed by atoms with van der Waals surface area (Å²) < 4.78 is 6.35. The molecule has 0 aromatic carbocycles. The Morgan fingerprint density at radius 3 is 2.75 bits per heavy atom. The van der Waals surface area contributed by atoms with Crippen molar-refractivity contribution in [3.63, 3.8) is 0 Å². The van der Waals surface area contributed by atoms with Crippen molar-refractivity contribution in [3.8, 4) is 0 Å². The highest BCUT2D eigenvalue weighted by Crippen LogP contribution is 2.36. The Bertz CT molecular complexity index is 277. The number of thiophene rings is 1. The number of ether oxygens (including phenoxy) is 1. The SMILES string of the molecule is NCC1(c2cc(Br)cs2)COC1. The van der Waals surface area contributed by atoms with E-state index in [4.69, 9.17) is 10.5 Å². The van der Waals surface area contributed by atoms with E-state index in [0.717, 1.165) is 17.7 Å². The fourth-order valence-electron chi connectivity index (χ4n) is 1.30. The van der Waals surface area contributed by atoms with E-state index in [0.29, 0.717) is 6.54 Å². The zero-order valence-electron chi connectivity index (χ0n) is 6.55. The summed E-state index contributed by atoms with van der Waals surface area (Å²) in [4.78, 5) is 1.34. The largest absolute Gasteiger partial charge is 0.379 e. The van der Waals surface area contributed by atoms with Crippen molar-refractivity contribution in [2.75, 3.05) is 19.8 Å². The van der Waals surface area contributed by atoms with E-state index < -0.39 is 0 Å². The van der Waals surface area contributed by atoms with E-state index in [1.807, 2.05) is 0 Å². The molecule has 66 valence electrons. The molecule has 12 heavy (non-hydrogen) atoms. The standard InChI is InChI=1S/C8H10BrNOS/c9-6-1-7(12-2-6)8(3-10)4-11-5-8/h1-2H,3-5,10H2. The van der Waals surface area contributed by atoms with Gasteiger partial charge in [0.25, 0.3) is 0 Å². The van der Waals surface area contributed by atoms with Crippen molar-refractivity contribution in [1.82, 2.24) is 0 Å². The van der Waals surface area contributed by atoms with Gasteiger partial charge in [0.1, 0.15) is 0 Å². The topological polar surface area (TPSA) is 35.2 Å². The lowest BCUT2D eigenvalue weighted by Gasteiger charge is -2.39. The molecule has 4 heteroatoms. The second kappa shape index (κ2) is 3.10. The van der Waals surface area contributed by atoms with E-state index in [1.54, 1.807) is 11.3 Å². The summed E-state index contributed by atoms with van der Waals surface area (Å²) in [5.41, 5.74) is 5.84. The van der Waals surface area contributed by atoms with Crippen molar-refractivity contribution < 1.29 is 4.74 Å². The molecule has 1 aliphatic rings. The summed E-state index contributed by atoms with van der Waals surface area (Å²) in [6.07, 6.45) is 0. The Kier molecular flexibility index (Phi) is 2.25. The fourth-order valence-corrected chi connectivity index (χ4v) is 2.91. The van der Waals surface area contributed by atoms with Gasteiger partial charge in [-0.1, -0.05) is 0 Å². The number of nitrogens with two attached hydrogens (primary N) is 1. The van der Waals surface area contributed by atoms with E-state index in [-0.39, 0.29) is 5.41 Å². The molecular weight excluding hydrogens is 238 g/mol. The molecule has 1 aromatic rings. The molecule has 0 spiro atoms. The Morgan fingerprint density at radius 2 is 2.42 bits per heavy atom. The molecule has 2 heterocycles. The Balaban J connectivity index is 2.27. The molecule has 0 atom stereocenters. The normalized spacial score (nSPS) is 20.5. The van der Waals surface area contributed by atoms with E-state index in [1.165, 1.54) is 4.88 Å². The molecule has 0 amide bonds. The molecule has 0 unspecified atom stereocenters. The third-order valence-corrected chi connectivity index (χ3v) is 4.18. The number of halogens is 1. The van der Waals surface area contributed by atoms with Crippen molar-refractivity contribution in [3.05, 3.63) is 20.8 Å². The maximum atomic E-state index is 5.72. The first-order valence-corrected chi connectivity index (χ1v) is 5.46. The van der Waals surface area contributed by atoms with Gasteiger partial charge in [0.2, 0.25) is 0 Å². The van der Waals surface area contributed by atoms with Crippen molar-refractivity contribution in [2.24, 2.45) is 5.73 Å². The molecule has 0 aliphatic carbocycles. The second-order valence-corrected chi connectivity index (χ2v) is 4.93. The summed E-state index contributed by atoms with van der Waals surface area (Å²) in [5, 5.41) is 2.09. The van der Waals surface area contributed by atoms with Crippen LogP contribution in [0.1, 0.15) is 4.88 Å². The zero-order chi connectivity index (χ0) is 8.60. The number of rotatable bonds is 2. The van der Waals surface area contributed by atoms with E-state index >= 15 is 0 Å². The molecule has 2 nitrogen and oxygen atoms in total. The van der Waals surface area contributed by atoms with Crippen LogP contribution in [0.15, 0.2) is 15.9 Å². The van der Waals surface area contributed by atoms with Gasteiger partial charge in [0.15, 0.2) is 0 Å². The van der Waals surface area contributed by atoms with Gasteiger partial charge in [-0.3, -0.25) is 0 Å². The monoisotopic (exact) mass is 247 g/mol. The first-order chi connectivity index (χ1) is 5.77. The van der Waals surface area contributed by atoms with Crippen LogP contribution in [0.2, 0.25) is 0 Å².